The van der Waals surface area contributed by atoms with Crippen LogP contribution in [0.15, 0.2) is 59.4 Å². The minimum Gasteiger partial charge on any atom is -0.492 e. The Morgan fingerprint density at radius 3 is 2.62 bits per heavy atom. The predicted molar refractivity (Wildman–Crippen MR) is 99.9 cm³/mol. The molecule has 26 heavy (non-hydrogen) atoms. The maximum atomic E-state index is 5.96. The van der Waals surface area contributed by atoms with Crippen molar-refractivity contribution in [3.63, 3.8) is 0 Å². The van der Waals surface area contributed by atoms with Crippen LogP contribution in [0.4, 0.5) is 0 Å². The van der Waals surface area contributed by atoms with E-state index in [0.29, 0.717) is 5.89 Å². The van der Waals surface area contributed by atoms with E-state index in [0.717, 1.165) is 30.2 Å². The molecule has 1 aromatic carbocycles. The molecule has 1 saturated heterocycles. The molecule has 1 radical (unpaired) electrons. The quantitative estimate of drug-likeness (QED) is 0.760. The summed E-state index contributed by atoms with van der Waals surface area (Å²) < 4.78 is 17.1. The van der Waals surface area contributed by atoms with Gasteiger partial charge in [0, 0.05) is 18.5 Å². The van der Waals surface area contributed by atoms with Gasteiger partial charge in [0.05, 0.1) is 6.20 Å². The Morgan fingerprint density at radius 1 is 1.12 bits per heavy atom. The second-order valence-corrected chi connectivity index (χ2v) is 6.46. The van der Waals surface area contributed by atoms with Crippen LogP contribution in [0.2, 0.25) is 0 Å². The van der Waals surface area contributed by atoms with Crippen LogP contribution in [0.25, 0.3) is 5.57 Å². The lowest BCUT2D eigenvalue weighted by atomic mass is 10.0. The van der Waals surface area contributed by atoms with Gasteiger partial charge in [-0.15, -0.1) is 0 Å². The van der Waals surface area contributed by atoms with Crippen molar-refractivity contribution in [3.05, 3.63) is 67.3 Å². The molecule has 5 nitrogen and oxygen atoms in total. The van der Waals surface area contributed by atoms with E-state index in [1.807, 2.05) is 48.9 Å². The van der Waals surface area contributed by atoms with Gasteiger partial charge in [-0.3, -0.25) is 4.90 Å². The number of nitrogens with zero attached hydrogens (tertiary/aromatic N) is 2. The third-order valence-corrected chi connectivity index (χ3v) is 4.58. The number of allylic oxidation sites excluding steroid dienone is 2. The number of likely N-dealkylation sites (tertiary alicyclic amines) is 1. The number of oxazole rings is 1. The van der Waals surface area contributed by atoms with Crippen molar-refractivity contribution in [2.75, 3.05) is 26.2 Å². The fourth-order valence-electron chi connectivity index (χ4n) is 3.17. The smallest absolute Gasteiger partial charge is 0.225 e. The van der Waals surface area contributed by atoms with Crippen molar-refractivity contribution in [2.24, 2.45) is 0 Å². The molecule has 0 bridgehead atoms. The zero-order valence-corrected chi connectivity index (χ0v) is 14.7. The lowest BCUT2D eigenvalue weighted by Gasteiger charge is -2.18. The fourth-order valence-corrected chi connectivity index (χ4v) is 3.17. The Balaban J connectivity index is 1.23. The number of aromatic nitrogens is 1. The molecule has 1 aliphatic heterocycles. The molecule has 2 heterocycles. The average molecular weight is 351 g/mol. The minimum absolute atomic E-state index is 0.101. The van der Waals surface area contributed by atoms with Crippen molar-refractivity contribution in [1.82, 2.24) is 9.88 Å². The number of benzene rings is 1. The van der Waals surface area contributed by atoms with Gasteiger partial charge in [0.1, 0.15) is 30.5 Å². The molecule has 0 saturated carbocycles. The SMILES string of the molecule is [CH]1C=C(c2ncco2)C=CC1Oc1ccc(OCCN2CCCC2)cc1. The normalized spacial score (nSPS) is 20.2. The van der Waals surface area contributed by atoms with Gasteiger partial charge in [0.25, 0.3) is 0 Å². The monoisotopic (exact) mass is 351 g/mol. The van der Waals surface area contributed by atoms with Crippen LogP contribution in [-0.4, -0.2) is 42.2 Å². The Kier molecular flexibility index (Phi) is 5.36. The molecule has 1 aromatic heterocycles. The molecule has 1 unspecified atom stereocenters. The minimum atomic E-state index is -0.101. The molecule has 0 spiro atoms. The van der Waals surface area contributed by atoms with Crippen molar-refractivity contribution in [1.29, 1.82) is 0 Å². The third-order valence-electron chi connectivity index (χ3n) is 4.58. The standard InChI is InChI=1S/C21H23N2O3/c1-2-13-23(12-1)14-16-24-18-7-9-20(10-8-18)26-19-5-3-17(4-6-19)21-22-11-15-25-21/h3-11,15,19H,1-2,12-14,16H2. The van der Waals surface area contributed by atoms with Crippen LogP contribution in [0.5, 0.6) is 11.5 Å². The predicted octanol–water partition coefficient (Wildman–Crippen LogP) is 3.75. The number of hydrogen-bond donors (Lipinski definition) is 0. The molecule has 1 atom stereocenters. The fraction of sp³-hybridized carbons (Fsp3) is 0.333. The third kappa shape index (κ3) is 4.35. The highest BCUT2D eigenvalue weighted by atomic mass is 16.5. The van der Waals surface area contributed by atoms with E-state index < -0.39 is 0 Å². The van der Waals surface area contributed by atoms with Gasteiger partial charge in [-0.05, 0) is 56.3 Å². The lowest BCUT2D eigenvalue weighted by Crippen LogP contribution is -2.25. The summed E-state index contributed by atoms with van der Waals surface area (Å²) >= 11 is 0. The number of rotatable bonds is 7. The van der Waals surface area contributed by atoms with Gasteiger partial charge in [0.15, 0.2) is 0 Å². The van der Waals surface area contributed by atoms with Crippen LogP contribution < -0.4 is 9.47 Å². The molecule has 1 fully saturated rings. The first kappa shape index (κ1) is 16.9. The van der Waals surface area contributed by atoms with E-state index in [1.165, 1.54) is 25.9 Å². The highest BCUT2D eigenvalue weighted by Crippen LogP contribution is 2.24. The molecular formula is C21H23N2O3. The summed E-state index contributed by atoms with van der Waals surface area (Å²) in [6.07, 6.45) is 13.6. The first-order valence-electron chi connectivity index (χ1n) is 9.12. The van der Waals surface area contributed by atoms with Gasteiger partial charge in [-0.2, -0.15) is 0 Å². The van der Waals surface area contributed by atoms with Gasteiger partial charge in [-0.25, -0.2) is 4.98 Å². The topological polar surface area (TPSA) is 47.7 Å². The highest BCUT2D eigenvalue weighted by Gasteiger charge is 2.14. The van der Waals surface area contributed by atoms with E-state index in [9.17, 15) is 0 Å². The molecule has 0 N–H and O–H groups in total. The van der Waals surface area contributed by atoms with Gasteiger partial charge >= 0.3 is 0 Å². The first-order chi connectivity index (χ1) is 12.9. The summed E-state index contributed by atoms with van der Waals surface area (Å²) in [6, 6.07) is 7.81. The Hall–Kier alpha value is -2.53. The molecule has 2 aliphatic rings. The second kappa shape index (κ2) is 8.23. The van der Waals surface area contributed by atoms with Gasteiger partial charge < -0.3 is 13.9 Å². The summed E-state index contributed by atoms with van der Waals surface area (Å²) in [4.78, 5) is 6.59. The number of hydrogen-bond acceptors (Lipinski definition) is 5. The van der Waals surface area contributed by atoms with Crippen molar-refractivity contribution in [3.8, 4) is 11.5 Å². The van der Waals surface area contributed by atoms with E-state index in [2.05, 4.69) is 9.88 Å². The Labute approximate surface area is 153 Å². The average Bonchev–Trinajstić information content (AvgIpc) is 3.38. The largest absolute Gasteiger partial charge is 0.492 e. The van der Waals surface area contributed by atoms with Gasteiger partial charge in [-0.1, -0.05) is 12.2 Å². The van der Waals surface area contributed by atoms with Crippen LogP contribution in [0.1, 0.15) is 18.7 Å². The highest BCUT2D eigenvalue weighted by molar-refractivity contribution is 5.71. The van der Waals surface area contributed by atoms with E-state index in [-0.39, 0.29) is 6.10 Å². The molecule has 4 rings (SSSR count). The van der Waals surface area contributed by atoms with Crippen molar-refractivity contribution >= 4 is 5.57 Å². The zero-order chi connectivity index (χ0) is 17.6. The maximum Gasteiger partial charge on any atom is 0.225 e. The zero-order valence-electron chi connectivity index (χ0n) is 14.7. The molecule has 5 heteroatoms. The molecule has 135 valence electrons. The number of ether oxygens (including phenoxy) is 2. The molecule has 0 amide bonds. The summed E-state index contributed by atoms with van der Waals surface area (Å²) in [6.45, 7) is 4.13. The van der Waals surface area contributed by atoms with Crippen molar-refractivity contribution in [2.45, 2.75) is 18.9 Å². The van der Waals surface area contributed by atoms with Crippen LogP contribution in [0, 0.1) is 6.42 Å². The summed E-state index contributed by atoms with van der Waals surface area (Å²) in [5.41, 5.74) is 0.941. The first-order valence-corrected chi connectivity index (χ1v) is 9.12. The molecule has 1 aliphatic carbocycles. The maximum absolute atomic E-state index is 5.96. The summed E-state index contributed by atoms with van der Waals surface area (Å²) in [5, 5.41) is 0. The summed E-state index contributed by atoms with van der Waals surface area (Å²) in [7, 11) is 0. The van der Waals surface area contributed by atoms with Crippen LogP contribution in [0.3, 0.4) is 0 Å². The second-order valence-electron chi connectivity index (χ2n) is 6.46. The Bertz CT molecular complexity index is 744. The lowest BCUT2D eigenvalue weighted by molar-refractivity contribution is 0.237. The van der Waals surface area contributed by atoms with E-state index in [4.69, 9.17) is 13.9 Å². The molecular weight excluding hydrogens is 328 g/mol. The van der Waals surface area contributed by atoms with Crippen LogP contribution >= 0.6 is 0 Å². The van der Waals surface area contributed by atoms with E-state index >= 15 is 0 Å². The molecule has 2 aromatic rings. The van der Waals surface area contributed by atoms with Gasteiger partial charge in [0.2, 0.25) is 5.89 Å². The van der Waals surface area contributed by atoms with E-state index in [1.54, 1.807) is 12.5 Å². The summed E-state index contributed by atoms with van der Waals surface area (Å²) in [5.74, 6) is 2.31. The Morgan fingerprint density at radius 2 is 1.92 bits per heavy atom. The van der Waals surface area contributed by atoms with Crippen LogP contribution in [-0.2, 0) is 0 Å². The van der Waals surface area contributed by atoms with Crippen molar-refractivity contribution < 1.29 is 13.9 Å².